The number of hydrogen-bond donors (Lipinski definition) is 0. The van der Waals surface area contributed by atoms with Crippen LogP contribution in [0.5, 0.6) is 0 Å². The van der Waals surface area contributed by atoms with E-state index < -0.39 is 15.8 Å². The van der Waals surface area contributed by atoms with Crippen molar-refractivity contribution in [1.82, 2.24) is 9.80 Å². The van der Waals surface area contributed by atoms with Crippen LogP contribution in [0.1, 0.15) is 16.8 Å². The van der Waals surface area contributed by atoms with Crippen molar-refractivity contribution in [2.45, 2.75) is 6.42 Å². The molecule has 6 nitrogen and oxygen atoms in total. The van der Waals surface area contributed by atoms with Crippen molar-refractivity contribution in [3.8, 4) is 0 Å². The van der Waals surface area contributed by atoms with Crippen LogP contribution in [0.25, 0.3) is 0 Å². The lowest BCUT2D eigenvalue weighted by molar-refractivity contribution is -0.136. The predicted octanol–water partition coefficient (Wildman–Crippen LogP) is 1.06. The van der Waals surface area contributed by atoms with Gasteiger partial charge in [0, 0.05) is 36.8 Å². The summed E-state index contributed by atoms with van der Waals surface area (Å²) in [5.74, 6) is -0.589. The molecular weight excluding hydrogens is 352 g/mol. The molecular formula is C16H19ClN2O4S. The molecule has 2 aliphatic rings. The maximum atomic E-state index is 12.5. The van der Waals surface area contributed by atoms with Crippen molar-refractivity contribution < 1.29 is 18.0 Å². The van der Waals surface area contributed by atoms with Gasteiger partial charge in [-0.2, -0.15) is 0 Å². The van der Waals surface area contributed by atoms with E-state index in [2.05, 4.69) is 0 Å². The highest BCUT2D eigenvalue weighted by Crippen LogP contribution is 2.22. The molecule has 2 saturated heterocycles. The first-order valence-electron chi connectivity index (χ1n) is 7.90. The molecule has 0 aromatic heterocycles. The second-order valence-electron chi connectivity index (χ2n) is 6.23. The average Bonchev–Trinajstić information content (AvgIpc) is 2.93. The number of carbonyl (C=O) groups is 2. The van der Waals surface area contributed by atoms with Crippen molar-refractivity contribution in [3.63, 3.8) is 0 Å². The molecule has 8 heteroatoms. The second kappa shape index (κ2) is 6.72. The summed E-state index contributed by atoms with van der Waals surface area (Å²) in [7, 11) is -3.07. The number of sulfone groups is 1. The molecule has 0 saturated carbocycles. The molecule has 130 valence electrons. The molecule has 0 radical (unpaired) electrons. The van der Waals surface area contributed by atoms with Gasteiger partial charge in [0.05, 0.1) is 17.4 Å². The van der Waals surface area contributed by atoms with Crippen LogP contribution in [0.15, 0.2) is 24.3 Å². The van der Waals surface area contributed by atoms with Gasteiger partial charge in [0.2, 0.25) is 5.91 Å². The second-order valence-corrected chi connectivity index (χ2v) is 8.89. The van der Waals surface area contributed by atoms with Crippen molar-refractivity contribution in [1.29, 1.82) is 0 Å². The van der Waals surface area contributed by atoms with E-state index >= 15 is 0 Å². The van der Waals surface area contributed by atoms with Gasteiger partial charge >= 0.3 is 0 Å². The molecule has 2 amide bonds. The van der Waals surface area contributed by atoms with E-state index in [1.165, 1.54) is 0 Å². The lowest BCUT2D eigenvalue weighted by atomic mass is 10.1. The largest absolute Gasteiger partial charge is 0.339 e. The zero-order chi connectivity index (χ0) is 17.3. The molecule has 0 unspecified atom stereocenters. The number of hydrogen-bond acceptors (Lipinski definition) is 4. The number of amides is 2. The van der Waals surface area contributed by atoms with Crippen LogP contribution in [-0.2, 0) is 14.6 Å². The van der Waals surface area contributed by atoms with Gasteiger partial charge in [0.1, 0.15) is 0 Å². The van der Waals surface area contributed by atoms with Crippen LogP contribution in [-0.4, -0.2) is 67.7 Å². The van der Waals surface area contributed by atoms with E-state index in [9.17, 15) is 18.0 Å². The van der Waals surface area contributed by atoms with Crippen molar-refractivity contribution in [2.75, 3.05) is 37.7 Å². The summed E-state index contributed by atoms with van der Waals surface area (Å²) in [5.41, 5.74) is 0.532. The Kier molecular flexibility index (Phi) is 4.83. The number of halogens is 1. The fourth-order valence-electron chi connectivity index (χ4n) is 3.18. The van der Waals surface area contributed by atoms with Gasteiger partial charge in [-0.15, -0.1) is 0 Å². The minimum atomic E-state index is -3.07. The van der Waals surface area contributed by atoms with Crippen LogP contribution in [0.3, 0.4) is 0 Å². The van der Waals surface area contributed by atoms with E-state index in [0.717, 1.165) is 0 Å². The van der Waals surface area contributed by atoms with Gasteiger partial charge in [-0.25, -0.2) is 8.42 Å². The maximum Gasteiger partial charge on any atom is 0.254 e. The summed E-state index contributed by atoms with van der Waals surface area (Å²) in [5, 5.41) is 0.511. The molecule has 0 bridgehead atoms. The molecule has 24 heavy (non-hydrogen) atoms. The average molecular weight is 371 g/mol. The number of piperazine rings is 1. The highest BCUT2D eigenvalue weighted by atomic mass is 35.5. The van der Waals surface area contributed by atoms with E-state index in [1.807, 2.05) is 0 Å². The summed E-state index contributed by atoms with van der Waals surface area (Å²) in [6, 6.07) is 6.79. The number of rotatable bonds is 2. The minimum absolute atomic E-state index is 0.0481. The van der Waals surface area contributed by atoms with Crippen LogP contribution >= 0.6 is 11.6 Å². The van der Waals surface area contributed by atoms with Crippen LogP contribution in [0, 0.1) is 5.92 Å². The van der Waals surface area contributed by atoms with Crippen LogP contribution < -0.4 is 0 Å². The van der Waals surface area contributed by atoms with E-state index in [0.29, 0.717) is 43.2 Å². The summed E-state index contributed by atoms with van der Waals surface area (Å²) >= 11 is 5.92. The molecule has 0 aliphatic carbocycles. The van der Waals surface area contributed by atoms with Gasteiger partial charge in [0.15, 0.2) is 9.84 Å². The van der Waals surface area contributed by atoms with E-state index in [-0.39, 0.29) is 23.3 Å². The first-order valence-corrected chi connectivity index (χ1v) is 10.1. The van der Waals surface area contributed by atoms with Gasteiger partial charge in [0.25, 0.3) is 5.91 Å². The summed E-state index contributed by atoms with van der Waals surface area (Å²) in [4.78, 5) is 28.2. The first kappa shape index (κ1) is 17.2. The first-order chi connectivity index (χ1) is 11.4. The van der Waals surface area contributed by atoms with Gasteiger partial charge in [-0.05, 0) is 24.6 Å². The van der Waals surface area contributed by atoms with Crippen LogP contribution in [0.2, 0.25) is 5.02 Å². The van der Waals surface area contributed by atoms with E-state index in [4.69, 9.17) is 11.6 Å². The molecule has 1 aromatic carbocycles. The Labute approximate surface area is 146 Å². The number of nitrogens with zero attached hydrogens (tertiary/aromatic N) is 2. The third-order valence-corrected chi connectivity index (χ3v) is 6.53. The quantitative estimate of drug-likeness (QED) is 0.780. The third-order valence-electron chi connectivity index (χ3n) is 4.53. The summed E-state index contributed by atoms with van der Waals surface area (Å²) < 4.78 is 23.0. The standard InChI is InChI=1S/C16H19ClN2O4S/c17-14-3-1-2-12(10-14)15(20)18-5-7-19(8-6-18)16(21)13-4-9-24(22,23)11-13/h1-3,10,13H,4-9,11H2/t13-/m0/s1. The monoisotopic (exact) mass is 370 g/mol. The number of benzene rings is 1. The van der Waals surface area contributed by atoms with Crippen molar-refractivity contribution >= 4 is 33.3 Å². The molecule has 1 atom stereocenters. The molecule has 0 spiro atoms. The molecule has 2 fully saturated rings. The van der Waals surface area contributed by atoms with Crippen LogP contribution in [0.4, 0.5) is 0 Å². The predicted molar refractivity (Wildman–Crippen MR) is 90.7 cm³/mol. The third kappa shape index (κ3) is 3.72. The normalized spacial score (nSPS) is 23.3. The Morgan fingerprint density at radius 1 is 1.08 bits per heavy atom. The zero-order valence-electron chi connectivity index (χ0n) is 13.2. The van der Waals surface area contributed by atoms with Gasteiger partial charge in [-0.1, -0.05) is 17.7 Å². The fraction of sp³-hybridized carbons (Fsp3) is 0.500. The minimum Gasteiger partial charge on any atom is -0.339 e. The Balaban J connectivity index is 1.58. The molecule has 3 rings (SSSR count). The molecule has 1 aromatic rings. The van der Waals surface area contributed by atoms with Crippen molar-refractivity contribution in [2.24, 2.45) is 5.92 Å². The zero-order valence-corrected chi connectivity index (χ0v) is 14.7. The molecule has 2 heterocycles. The smallest absolute Gasteiger partial charge is 0.254 e. The Morgan fingerprint density at radius 3 is 2.33 bits per heavy atom. The van der Waals surface area contributed by atoms with Gasteiger partial charge in [-0.3, -0.25) is 9.59 Å². The highest BCUT2D eigenvalue weighted by Gasteiger charge is 2.36. The molecule has 2 aliphatic heterocycles. The SMILES string of the molecule is O=C(c1cccc(Cl)c1)N1CCN(C(=O)[C@H]2CCS(=O)(=O)C2)CC1. The molecule has 0 N–H and O–H groups in total. The van der Waals surface area contributed by atoms with Crippen molar-refractivity contribution in [3.05, 3.63) is 34.9 Å². The number of carbonyl (C=O) groups excluding carboxylic acids is 2. The Bertz CT molecular complexity index is 757. The van der Waals surface area contributed by atoms with E-state index in [1.54, 1.807) is 34.1 Å². The highest BCUT2D eigenvalue weighted by molar-refractivity contribution is 7.91. The lowest BCUT2D eigenvalue weighted by Gasteiger charge is -2.36. The fourth-order valence-corrected chi connectivity index (χ4v) is 5.10. The summed E-state index contributed by atoms with van der Waals surface area (Å²) in [6.45, 7) is 1.75. The Morgan fingerprint density at radius 2 is 1.75 bits per heavy atom. The maximum absolute atomic E-state index is 12.5. The van der Waals surface area contributed by atoms with Gasteiger partial charge < -0.3 is 9.80 Å². The lowest BCUT2D eigenvalue weighted by Crippen LogP contribution is -2.52. The topological polar surface area (TPSA) is 74.8 Å². The Hall–Kier alpha value is -1.60. The summed E-state index contributed by atoms with van der Waals surface area (Å²) in [6.07, 6.45) is 0.406.